The molecule has 0 spiro atoms. The predicted molar refractivity (Wildman–Crippen MR) is 37.8 cm³/mol. The van der Waals surface area contributed by atoms with E-state index in [-0.39, 0.29) is 24.8 Å². The standard InChI is InChI=1S/C7H8F2N2O/c8-7(9)1-4(2-7)5-3-11-6(10)12-5/h3-4H,1-2H2,(H2,10,11). The van der Waals surface area contributed by atoms with Gasteiger partial charge >= 0.3 is 0 Å². The van der Waals surface area contributed by atoms with Crippen LogP contribution < -0.4 is 5.73 Å². The van der Waals surface area contributed by atoms with Crippen molar-refractivity contribution in [1.82, 2.24) is 4.98 Å². The number of alkyl halides is 2. The van der Waals surface area contributed by atoms with Crippen molar-refractivity contribution < 1.29 is 13.2 Å². The molecule has 1 aromatic heterocycles. The van der Waals surface area contributed by atoms with Crippen LogP contribution in [-0.2, 0) is 0 Å². The number of hydrogen-bond donors (Lipinski definition) is 1. The lowest BCUT2D eigenvalue weighted by Crippen LogP contribution is -2.33. The maximum Gasteiger partial charge on any atom is 0.292 e. The summed E-state index contributed by atoms with van der Waals surface area (Å²) in [4.78, 5) is 3.63. The van der Waals surface area contributed by atoms with E-state index in [2.05, 4.69) is 4.98 Å². The lowest BCUT2D eigenvalue weighted by atomic mass is 9.80. The minimum atomic E-state index is -2.52. The van der Waals surface area contributed by atoms with Crippen LogP contribution in [0.4, 0.5) is 14.8 Å². The van der Waals surface area contributed by atoms with E-state index >= 15 is 0 Å². The average molecular weight is 174 g/mol. The second-order valence-corrected chi connectivity index (χ2v) is 3.06. The summed E-state index contributed by atoms with van der Waals surface area (Å²) >= 11 is 0. The van der Waals surface area contributed by atoms with Gasteiger partial charge in [0.05, 0.1) is 6.20 Å². The molecule has 0 saturated heterocycles. The highest BCUT2D eigenvalue weighted by molar-refractivity contribution is 5.17. The Labute approximate surface area is 67.6 Å². The summed E-state index contributed by atoms with van der Waals surface area (Å²) in [6, 6.07) is 0.0419. The normalized spacial score (nSPS) is 22.2. The largest absolute Gasteiger partial charge is 0.429 e. The Balaban J connectivity index is 2.06. The van der Waals surface area contributed by atoms with Gasteiger partial charge in [0, 0.05) is 18.8 Å². The third kappa shape index (κ3) is 1.15. The maximum atomic E-state index is 12.4. The topological polar surface area (TPSA) is 52.0 Å². The highest BCUT2D eigenvalue weighted by Crippen LogP contribution is 2.48. The van der Waals surface area contributed by atoms with Gasteiger partial charge in [-0.15, -0.1) is 0 Å². The van der Waals surface area contributed by atoms with Gasteiger partial charge in [0.2, 0.25) is 5.92 Å². The zero-order valence-electron chi connectivity index (χ0n) is 6.26. The molecule has 2 rings (SSSR count). The Morgan fingerprint density at radius 1 is 1.58 bits per heavy atom. The molecule has 0 unspecified atom stereocenters. The Morgan fingerprint density at radius 3 is 2.67 bits per heavy atom. The van der Waals surface area contributed by atoms with Gasteiger partial charge in [-0.25, -0.2) is 13.8 Å². The van der Waals surface area contributed by atoms with Crippen LogP contribution in [0.1, 0.15) is 24.5 Å². The molecule has 0 radical (unpaired) electrons. The molecule has 0 bridgehead atoms. The number of rotatable bonds is 1. The van der Waals surface area contributed by atoms with Crippen LogP contribution >= 0.6 is 0 Å². The maximum absolute atomic E-state index is 12.4. The first kappa shape index (κ1) is 7.52. The van der Waals surface area contributed by atoms with Crippen molar-refractivity contribution >= 4 is 6.01 Å². The summed E-state index contributed by atoms with van der Waals surface area (Å²) in [6.45, 7) is 0. The number of anilines is 1. The highest BCUT2D eigenvalue weighted by atomic mass is 19.3. The van der Waals surface area contributed by atoms with E-state index in [4.69, 9.17) is 10.2 Å². The first-order chi connectivity index (χ1) is 5.57. The van der Waals surface area contributed by atoms with Crippen LogP contribution in [0.15, 0.2) is 10.6 Å². The summed E-state index contributed by atoms with van der Waals surface area (Å²) in [5.41, 5.74) is 5.20. The van der Waals surface area contributed by atoms with Gasteiger partial charge in [0.1, 0.15) is 5.76 Å². The van der Waals surface area contributed by atoms with Crippen LogP contribution in [0.25, 0.3) is 0 Å². The van der Waals surface area contributed by atoms with E-state index in [1.54, 1.807) is 0 Å². The first-order valence-electron chi connectivity index (χ1n) is 3.66. The fraction of sp³-hybridized carbons (Fsp3) is 0.571. The second-order valence-electron chi connectivity index (χ2n) is 3.06. The fourth-order valence-corrected chi connectivity index (χ4v) is 1.35. The van der Waals surface area contributed by atoms with E-state index < -0.39 is 5.92 Å². The van der Waals surface area contributed by atoms with Gasteiger partial charge < -0.3 is 10.2 Å². The SMILES string of the molecule is Nc1ncc(C2CC(F)(F)C2)o1. The summed E-state index contributed by atoms with van der Waals surface area (Å²) < 4.78 is 29.7. The Kier molecular flexibility index (Phi) is 1.37. The smallest absolute Gasteiger partial charge is 0.292 e. The van der Waals surface area contributed by atoms with Crippen LogP contribution in [0, 0.1) is 0 Å². The molecule has 3 nitrogen and oxygen atoms in total. The van der Waals surface area contributed by atoms with E-state index in [0.29, 0.717) is 5.76 Å². The molecule has 12 heavy (non-hydrogen) atoms. The quantitative estimate of drug-likeness (QED) is 0.705. The number of nitrogens with two attached hydrogens (primary N) is 1. The number of nitrogens with zero attached hydrogens (tertiary/aromatic N) is 1. The third-order valence-electron chi connectivity index (χ3n) is 2.03. The van der Waals surface area contributed by atoms with Crippen molar-refractivity contribution in [1.29, 1.82) is 0 Å². The second kappa shape index (κ2) is 2.18. The molecule has 1 aliphatic rings. The molecule has 1 saturated carbocycles. The van der Waals surface area contributed by atoms with Crippen LogP contribution in [-0.4, -0.2) is 10.9 Å². The van der Waals surface area contributed by atoms with E-state index in [9.17, 15) is 8.78 Å². The van der Waals surface area contributed by atoms with Crippen LogP contribution in [0.2, 0.25) is 0 Å². The summed E-state index contributed by atoms with van der Waals surface area (Å²) in [5, 5.41) is 0. The van der Waals surface area contributed by atoms with E-state index in [1.807, 2.05) is 0 Å². The molecule has 1 aliphatic carbocycles. The van der Waals surface area contributed by atoms with Gasteiger partial charge in [0.15, 0.2) is 0 Å². The monoisotopic (exact) mass is 174 g/mol. The number of aromatic nitrogens is 1. The summed E-state index contributed by atoms with van der Waals surface area (Å²) in [7, 11) is 0. The van der Waals surface area contributed by atoms with Crippen LogP contribution in [0.3, 0.4) is 0 Å². The van der Waals surface area contributed by atoms with Gasteiger partial charge in [-0.05, 0) is 0 Å². The molecule has 5 heteroatoms. The molecule has 0 aromatic carbocycles. The number of nitrogen functional groups attached to an aromatic ring is 1. The molecule has 2 N–H and O–H groups in total. The third-order valence-corrected chi connectivity index (χ3v) is 2.03. The Morgan fingerprint density at radius 2 is 2.25 bits per heavy atom. The summed E-state index contributed by atoms with van der Waals surface area (Å²) in [5.74, 6) is -2.25. The first-order valence-corrected chi connectivity index (χ1v) is 3.66. The minimum absolute atomic E-state index is 0.0419. The molecule has 1 fully saturated rings. The van der Waals surface area contributed by atoms with Crippen molar-refractivity contribution in [2.75, 3.05) is 5.73 Å². The molecule has 0 atom stereocenters. The lowest BCUT2D eigenvalue weighted by molar-refractivity contribution is -0.0905. The van der Waals surface area contributed by atoms with Crippen LogP contribution in [0.5, 0.6) is 0 Å². The average Bonchev–Trinajstić information content (AvgIpc) is 2.30. The predicted octanol–water partition coefficient (Wildman–Crippen LogP) is 1.77. The molecule has 1 aromatic rings. The zero-order chi connectivity index (χ0) is 8.77. The minimum Gasteiger partial charge on any atom is -0.429 e. The number of halogens is 2. The zero-order valence-corrected chi connectivity index (χ0v) is 6.26. The number of hydrogen-bond acceptors (Lipinski definition) is 3. The van der Waals surface area contributed by atoms with Gasteiger partial charge in [0.25, 0.3) is 6.01 Å². The Bertz CT molecular complexity index is 289. The van der Waals surface area contributed by atoms with Crippen molar-refractivity contribution in [3.05, 3.63) is 12.0 Å². The molecule has 1 heterocycles. The van der Waals surface area contributed by atoms with Gasteiger partial charge in [-0.1, -0.05) is 0 Å². The number of oxazole rings is 1. The summed E-state index contributed by atoms with van der Waals surface area (Å²) in [6.07, 6.45) is 1.11. The van der Waals surface area contributed by atoms with Gasteiger partial charge in [-0.3, -0.25) is 0 Å². The molecular formula is C7H8F2N2O. The fourth-order valence-electron chi connectivity index (χ4n) is 1.35. The molecule has 66 valence electrons. The van der Waals surface area contributed by atoms with Gasteiger partial charge in [-0.2, -0.15) is 0 Å². The lowest BCUT2D eigenvalue weighted by Gasteiger charge is -2.32. The van der Waals surface area contributed by atoms with Crippen molar-refractivity contribution in [2.24, 2.45) is 0 Å². The van der Waals surface area contributed by atoms with Crippen molar-refractivity contribution in [3.63, 3.8) is 0 Å². The van der Waals surface area contributed by atoms with Crippen molar-refractivity contribution in [3.8, 4) is 0 Å². The van der Waals surface area contributed by atoms with Crippen molar-refractivity contribution in [2.45, 2.75) is 24.7 Å². The molecular weight excluding hydrogens is 166 g/mol. The van der Waals surface area contributed by atoms with E-state index in [0.717, 1.165) is 0 Å². The molecule has 0 amide bonds. The Hall–Kier alpha value is -1.13. The molecule has 0 aliphatic heterocycles. The van der Waals surface area contributed by atoms with E-state index in [1.165, 1.54) is 6.20 Å². The highest BCUT2D eigenvalue weighted by Gasteiger charge is 2.47.